The Kier molecular flexibility index (Phi) is 8.77. The second-order valence-corrected chi connectivity index (χ2v) is 9.19. The van der Waals surface area contributed by atoms with Gasteiger partial charge in [0.25, 0.3) is 0 Å². The van der Waals surface area contributed by atoms with Crippen LogP contribution in [0.5, 0.6) is 0 Å². The van der Waals surface area contributed by atoms with Gasteiger partial charge in [-0.2, -0.15) is 23.5 Å². The number of aromatic nitrogens is 4. The van der Waals surface area contributed by atoms with E-state index in [1.165, 1.54) is 16.9 Å². The predicted octanol–water partition coefficient (Wildman–Crippen LogP) is 2.27. The van der Waals surface area contributed by atoms with Crippen molar-refractivity contribution in [3.8, 4) is 0 Å². The molecule has 1 amide bonds. The van der Waals surface area contributed by atoms with Crippen molar-refractivity contribution in [3.05, 3.63) is 58.7 Å². The molecule has 0 atom stereocenters. The number of carbonyl (C=O) groups excluding carboxylic acids is 1. The highest BCUT2D eigenvalue weighted by Gasteiger charge is 2.31. The van der Waals surface area contributed by atoms with Crippen molar-refractivity contribution in [1.82, 2.24) is 46.8 Å². The Labute approximate surface area is 213 Å². The zero-order valence-corrected chi connectivity index (χ0v) is 20.7. The number of hydrogen-bond donors (Lipinski definition) is 4. The Morgan fingerprint density at radius 1 is 1.24 bits per heavy atom. The van der Waals surface area contributed by atoms with Crippen LogP contribution in [0, 0.1) is 6.92 Å². The smallest absolute Gasteiger partial charge is 0.339 e. The SMILES string of the molecule is Cc1nnn(Cc2cc(C(F)(F)F)ccc2/C=C/C(=O)N2CCC(NCCCCC3=CNNN3)CC2)n1. The minimum atomic E-state index is -4.48. The van der Waals surface area contributed by atoms with Crippen LogP contribution in [0.4, 0.5) is 13.2 Å². The fraction of sp³-hybridized carbons (Fsp3) is 0.500. The number of tetrazole rings is 1. The summed E-state index contributed by atoms with van der Waals surface area (Å²) in [6, 6.07) is 3.82. The molecule has 2 aliphatic heterocycles. The molecule has 0 radical (unpaired) electrons. The summed E-state index contributed by atoms with van der Waals surface area (Å²) >= 11 is 0. The number of nitrogens with zero attached hydrogens (tertiary/aromatic N) is 5. The zero-order valence-electron chi connectivity index (χ0n) is 20.7. The van der Waals surface area contributed by atoms with E-state index in [1.807, 2.05) is 6.20 Å². The molecule has 0 bridgehead atoms. The Morgan fingerprint density at radius 3 is 2.73 bits per heavy atom. The summed E-state index contributed by atoms with van der Waals surface area (Å²) in [6.45, 7) is 3.87. The van der Waals surface area contributed by atoms with Crippen LogP contribution in [0.3, 0.4) is 0 Å². The highest BCUT2D eigenvalue weighted by Crippen LogP contribution is 2.31. The number of unbranched alkanes of at least 4 members (excludes halogenated alkanes) is 1. The molecule has 3 heterocycles. The lowest BCUT2D eigenvalue weighted by molar-refractivity contribution is -0.137. The standard InChI is InChI=1S/C24H32F3N9O/c1-17-30-34-36(32-17)16-19-14-20(24(25,26)27)7-5-18(19)6-8-23(37)35-12-9-21(10-13-35)28-11-3-2-4-22-15-29-33-31-22/h5-8,14-15,21,28-29,31,33H,2-4,9-13,16H2,1H3/b8-6+. The van der Waals surface area contributed by atoms with Crippen LogP contribution in [0.15, 0.2) is 36.2 Å². The molecular weight excluding hydrogens is 487 g/mol. The number of alkyl halides is 3. The molecule has 37 heavy (non-hydrogen) atoms. The first-order valence-electron chi connectivity index (χ1n) is 12.4. The van der Waals surface area contributed by atoms with Crippen LogP contribution in [0.2, 0.25) is 0 Å². The van der Waals surface area contributed by atoms with Gasteiger partial charge in [-0.1, -0.05) is 6.07 Å². The maximum Gasteiger partial charge on any atom is 0.416 e. The van der Waals surface area contributed by atoms with Crippen molar-refractivity contribution in [2.75, 3.05) is 19.6 Å². The molecular formula is C24H32F3N9O. The maximum absolute atomic E-state index is 13.3. The topological polar surface area (TPSA) is 112 Å². The number of nitrogens with one attached hydrogen (secondary N) is 4. The Morgan fingerprint density at radius 2 is 2.05 bits per heavy atom. The summed E-state index contributed by atoms with van der Waals surface area (Å²) in [5.41, 5.74) is 9.99. The van der Waals surface area contributed by atoms with E-state index >= 15 is 0 Å². The highest BCUT2D eigenvalue weighted by molar-refractivity contribution is 5.92. The number of likely N-dealkylation sites (tertiary alicyclic amines) is 1. The van der Waals surface area contributed by atoms with E-state index in [0.717, 1.165) is 56.5 Å². The number of allylic oxidation sites excluding steroid dienone is 1. The quantitative estimate of drug-likeness (QED) is 0.280. The van der Waals surface area contributed by atoms with Crippen LogP contribution in [0.1, 0.15) is 54.6 Å². The minimum absolute atomic E-state index is 0.0115. The summed E-state index contributed by atoms with van der Waals surface area (Å²) in [5, 5.41) is 15.3. The molecule has 1 aromatic heterocycles. The predicted molar refractivity (Wildman–Crippen MR) is 131 cm³/mol. The molecule has 2 aromatic rings. The number of aryl methyl sites for hydroxylation is 1. The van der Waals surface area contributed by atoms with Crippen molar-refractivity contribution in [2.24, 2.45) is 0 Å². The van der Waals surface area contributed by atoms with Crippen molar-refractivity contribution < 1.29 is 18.0 Å². The zero-order chi connectivity index (χ0) is 26.3. The molecule has 1 fully saturated rings. The fourth-order valence-corrected chi connectivity index (χ4v) is 4.35. The number of piperidine rings is 1. The molecule has 13 heteroatoms. The first-order chi connectivity index (χ1) is 17.8. The second-order valence-electron chi connectivity index (χ2n) is 9.19. The lowest BCUT2D eigenvalue weighted by Crippen LogP contribution is -2.44. The molecule has 0 unspecified atom stereocenters. The third kappa shape index (κ3) is 7.76. The Bertz CT molecular complexity index is 1120. The molecule has 0 saturated carbocycles. The molecule has 200 valence electrons. The van der Waals surface area contributed by atoms with Crippen molar-refractivity contribution in [1.29, 1.82) is 0 Å². The van der Waals surface area contributed by atoms with Gasteiger partial charge in [-0.15, -0.1) is 10.2 Å². The molecule has 0 spiro atoms. The van der Waals surface area contributed by atoms with E-state index in [0.29, 0.717) is 36.1 Å². The Balaban J connectivity index is 1.27. The number of carbonyl (C=O) groups is 1. The molecule has 1 aromatic carbocycles. The van der Waals surface area contributed by atoms with E-state index in [2.05, 4.69) is 37.1 Å². The monoisotopic (exact) mass is 519 g/mol. The highest BCUT2D eigenvalue weighted by atomic mass is 19.4. The molecule has 0 aliphatic carbocycles. The first-order valence-corrected chi connectivity index (χ1v) is 12.4. The average molecular weight is 520 g/mol. The van der Waals surface area contributed by atoms with Crippen molar-refractivity contribution >= 4 is 12.0 Å². The van der Waals surface area contributed by atoms with Crippen LogP contribution >= 0.6 is 0 Å². The molecule has 2 aliphatic rings. The molecule has 4 N–H and O–H groups in total. The van der Waals surface area contributed by atoms with Gasteiger partial charge in [-0.05, 0) is 80.1 Å². The van der Waals surface area contributed by atoms with E-state index in [4.69, 9.17) is 0 Å². The number of halogens is 3. The number of hydrogen-bond acceptors (Lipinski definition) is 8. The second kappa shape index (κ2) is 12.2. The maximum atomic E-state index is 13.3. The normalized spacial score (nSPS) is 16.6. The summed E-state index contributed by atoms with van der Waals surface area (Å²) in [5.74, 6) is 0.268. The van der Waals surface area contributed by atoms with Crippen molar-refractivity contribution in [2.45, 2.75) is 57.8 Å². The van der Waals surface area contributed by atoms with Gasteiger partial charge in [-0.25, -0.2) is 0 Å². The van der Waals surface area contributed by atoms with Gasteiger partial charge in [0.15, 0.2) is 5.82 Å². The summed E-state index contributed by atoms with van der Waals surface area (Å²) in [7, 11) is 0. The van der Waals surface area contributed by atoms with Gasteiger partial charge in [0.2, 0.25) is 5.91 Å². The van der Waals surface area contributed by atoms with Crippen LogP contribution in [-0.2, 0) is 17.5 Å². The van der Waals surface area contributed by atoms with Gasteiger partial charge in [0.05, 0.1) is 12.1 Å². The van der Waals surface area contributed by atoms with Gasteiger partial charge < -0.3 is 21.1 Å². The number of hydrazine groups is 2. The fourth-order valence-electron chi connectivity index (χ4n) is 4.35. The van der Waals surface area contributed by atoms with Gasteiger partial charge in [0, 0.05) is 37.1 Å². The number of benzene rings is 1. The van der Waals surface area contributed by atoms with E-state index in [1.54, 1.807) is 17.9 Å². The largest absolute Gasteiger partial charge is 0.416 e. The number of rotatable bonds is 10. The number of amides is 1. The summed E-state index contributed by atoms with van der Waals surface area (Å²) < 4.78 is 39.8. The van der Waals surface area contributed by atoms with Crippen LogP contribution in [0.25, 0.3) is 6.08 Å². The first kappa shape index (κ1) is 26.6. The van der Waals surface area contributed by atoms with Crippen LogP contribution < -0.4 is 21.7 Å². The summed E-state index contributed by atoms with van der Waals surface area (Å²) in [6.07, 6.45) is 5.29. The molecule has 10 nitrogen and oxygen atoms in total. The Hall–Kier alpha value is -3.45. The lowest BCUT2D eigenvalue weighted by atomic mass is 10.0. The van der Waals surface area contributed by atoms with Crippen LogP contribution in [-0.4, -0.2) is 56.7 Å². The van der Waals surface area contributed by atoms with E-state index in [-0.39, 0.29) is 12.5 Å². The van der Waals surface area contributed by atoms with E-state index < -0.39 is 11.7 Å². The summed E-state index contributed by atoms with van der Waals surface area (Å²) in [4.78, 5) is 15.8. The minimum Gasteiger partial charge on any atom is -0.339 e. The van der Waals surface area contributed by atoms with E-state index in [9.17, 15) is 18.0 Å². The van der Waals surface area contributed by atoms with Gasteiger partial charge >= 0.3 is 6.18 Å². The third-order valence-corrected chi connectivity index (χ3v) is 6.39. The molecule has 4 rings (SSSR count). The third-order valence-electron chi connectivity index (χ3n) is 6.39. The molecule has 1 saturated heterocycles. The van der Waals surface area contributed by atoms with Gasteiger partial charge in [-0.3, -0.25) is 4.79 Å². The lowest BCUT2D eigenvalue weighted by Gasteiger charge is -2.32. The van der Waals surface area contributed by atoms with Gasteiger partial charge in [0.1, 0.15) is 0 Å². The van der Waals surface area contributed by atoms with Crippen molar-refractivity contribution in [3.63, 3.8) is 0 Å². The average Bonchev–Trinajstić information content (AvgIpc) is 3.54.